The lowest BCUT2D eigenvalue weighted by Crippen LogP contribution is -2.43. The first kappa shape index (κ1) is 29.2. The highest BCUT2D eigenvalue weighted by molar-refractivity contribution is 6.14. The lowest BCUT2D eigenvalue weighted by molar-refractivity contribution is -0.125. The van der Waals surface area contributed by atoms with Gasteiger partial charge in [0.05, 0.1) is 16.6 Å². The molecule has 3 atom stereocenters. The van der Waals surface area contributed by atoms with Gasteiger partial charge < -0.3 is 14.5 Å². The van der Waals surface area contributed by atoms with Crippen molar-refractivity contribution in [2.45, 2.75) is 51.1 Å². The molecule has 10 heteroatoms. The van der Waals surface area contributed by atoms with Crippen molar-refractivity contribution in [1.82, 2.24) is 24.8 Å². The first-order valence-electron chi connectivity index (χ1n) is 15.2. The highest BCUT2D eigenvalue weighted by atomic mass is 19.1. The molecule has 0 bridgehead atoms. The van der Waals surface area contributed by atoms with E-state index in [0.717, 1.165) is 49.9 Å². The summed E-state index contributed by atoms with van der Waals surface area (Å²) in [6.45, 7) is 11.6. The van der Waals surface area contributed by atoms with Gasteiger partial charge in [0.1, 0.15) is 23.6 Å². The average Bonchev–Trinajstić information content (AvgIpc) is 3.72. The minimum absolute atomic E-state index is 0.0167. The number of benzene rings is 1. The summed E-state index contributed by atoms with van der Waals surface area (Å²) < 4.78 is 22.9. The molecule has 3 aromatic rings. The van der Waals surface area contributed by atoms with Crippen LogP contribution in [-0.2, 0) is 4.79 Å². The fourth-order valence-corrected chi connectivity index (χ4v) is 7.29. The highest BCUT2D eigenvalue weighted by Crippen LogP contribution is 2.42. The van der Waals surface area contributed by atoms with Crippen LogP contribution in [0, 0.1) is 18.7 Å². The minimum Gasteiger partial charge on any atom is -0.461 e. The smallest absolute Gasteiger partial charge is 0.319 e. The van der Waals surface area contributed by atoms with E-state index in [1.165, 1.54) is 6.08 Å². The number of aryl methyl sites for hydroxylation is 1. The zero-order valence-corrected chi connectivity index (χ0v) is 25.5. The normalized spacial score (nSPS) is 24.0. The van der Waals surface area contributed by atoms with Crippen LogP contribution in [0.15, 0.2) is 48.1 Å². The zero-order chi connectivity index (χ0) is 30.3. The van der Waals surface area contributed by atoms with Crippen LogP contribution < -0.4 is 9.64 Å². The number of aromatic nitrogens is 3. The Hall–Kier alpha value is -3.92. The number of hydrogen-bond acceptors (Lipinski definition) is 8. The fourth-order valence-electron chi connectivity index (χ4n) is 7.29. The molecule has 2 aromatic heterocycles. The number of likely N-dealkylation sites (tertiary alicyclic amines) is 1. The molecule has 2 unspecified atom stereocenters. The molecule has 1 amide bonds. The number of carbonyl (C=O) groups excluding carboxylic acids is 1. The number of hydrogen-bond donors (Lipinski definition) is 0. The number of anilines is 1. The van der Waals surface area contributed by atoms with Crippen molar-refractivity contribution in [3.63, 3.8) is 0 Å². The van der Waals surface area contributed by atoms with E-state index in [9.17, 15) is 4.79 Å². The van der Waals surface area contributed by atoms with Crippen LogP contribution in [0.5, 0.6) is 6.01 Å². The summed E-state index contributed by atoms with van der Waals surface area (Å²) in [7, 11) is 3.57. The number of nitrogens with zero attached hydrogens (tertiary/aromatic N) is 7. The maximum absolute atomic E-state index is 16.6. The van der Waals surface area contributed by atoms with Crippen LogP contribution >= 0.6 is 0 Å². The molecule has 5 heterocycles. The highest BCUT2D eigenvalue weighted by Gasteiger charge is 2.47. The van der Waals surface area contributed by atoms with Crippen molar-refractivity contribution in [2.75, 3.05) is 51.8 Å². The molecule has 0 saturated carbocycles. The molecule has 0 N–H and O–H groups in total. The quantitative estimate of drug-likeness (QED) is 0.286. The van der Waals surface area contributed by atoms with E-state index in [1.54, 1.807) is 18.1 Å². The van der Waals surface area contributed by atoms with Crippen molar-refractivity contribution in [1.29, 1.82) is 0 Å². The van der Waals surface area contributed by atoms with E-state index in [1.807, 2.05) is 43.1 Å². The molecule has 0 radical (unpaired) electrons. The maximum Gasteiger partial charge on any atom is 0.319 e. The molecule has 0 aliphatic carbocycles. The third-order valence-corrected chi connectivity index (χ3v) is 9.49. The molecule has 3 aliphatic rings. The molecular formula is C33H40FN7O2. The number of aliphatic imine (C=N–C) groups is 1. The zero-order valence-electron chi connectivity index (χ0n) is 25.5. The van der Waals surface area contributed by atoms with Crippen LogP contribution in [0.3, 0.4) is 0 Å². The van der Waals surface area contributed by atoms with Crippen molar-refractivity contribution in [3.8, 4) is 6.01 Å². The summed E-state index contributed by atoms with van der Waals surface area (Å²) in [5.41, 5.74) is 2.49. The summed E-state index contributed by atoms with van der Waals surface area (Å²) in [6, 6.07) is 7.87. The third-order valence-electron chi connectivity index (χ3n) is 9.49. The largest absolute Gasteiger partial charge is 0.461 e. The van der Waals surface area contributed by atoms with Crippen LogP contribution in [0.4, 0.5) is 10.2 Å². The van der Waals surface area contributed by atoms with Crippen molar-refractivity contribution >= 4 is 28.3 Å². The van der Waals surface area contributed by atoms with Gasteiger partial charge >= 0.3 is 6.01 Å². The van der Waals surface area contributed by atoms with Crippen LogP contribution in [0.2, 0.25) is 0 Å². The number of likely N-dealkylation sites (N-methyl/N-ethyl adjacent to an activating group) is 1. The Bertz CT molecular complexity index is 1590. The van der Waals surface area contributed by atoms with Gasteiger partial charge in [-0.1, -0.05) is 37.8 Å². The van der Waals surface area contributed by atoms with Gasteiger partial charge in [-0.3, -0.25) is 19.7 Å². The molecule has 6 rings (SSSR count). The predicted molar refractivity (Wildman–Crippen MR) is 166 cm³/mol. The van der Waals surface area contributed by atoms with E-state index in [2.05, 4.69) is 33.4 Å². The lowest BCUT2D eigenvalue weighted by Gasteiger charge is -2.31. The number of halogens is 1. The van der Waals surface area contributed by atoms with E-state index >= 15 is 4.39 Å². The molecular weight excluding hydrogens is 545 g/mol. The maximum atomic E-state index is 16.6. The number of amides is 1. The minimum atomic E-state index is -0.562. The second-order valence-electron chi connectivity index (χ2n) is 12.3. The fraction of sp³-hybridized carbons (Fsp3) is 0.485. The molecule has 1 aromatic carbocycles. The molecule has 3 aliphatic heterocycles. The predicted octanol–water partition coefficient (Wildman–Crippen LogP) is 4.42. The van der Waals surface area contributed by atoms with Gasteiger partial charge in [0.25, 0.3) is 0 Å². The third kappa shape index (κ3) is 5.26. The van der Waals surface area contributed by atoms with E-state index < -0.39 is 5.82 Å². The summed E-state index contributed by atoms with van der Waals surface area (Å²) in [5.74, 6) is 0.472. The number of rotatable bonds is 8. The number of pyridine rings is 1. The molecule has 226 valence electrons. The van der Waals surface area contributed by atoms with Crippen molar-refractivity contribution in [2.24, 2.45) is 10.9 Å². The molecule has 0 spiro atoms. The van der Waals surface area contributed by atoms with E-state index in [-0.39, 0.29) is 34.7 Å². The van der Waals surface area contributed by atoms with Crippen LogP contribution in [0.1, 0.15) is 49.4 Å². The van der Waals surface area contributed by atoms with Gasteiger partial charge in [-0.2, -0.15) is 9.97 Å². The van der Waals surface area contributed by atoms with Crippen LogP contribution in [-0.4, -0.2) is 94.8 Å². The standard InChI is InChI=1S/C33H40FN7O2/c1-6-26(42)40-15-12-23(19-40)39(5)31-25-17-36-30(29(35-4)24-11-8-7-10-22(24)3)27(34)28(25)37-32(38-31)43-20-33-13-9-14-41(33)18-21(2)16-33/h6-8,10-11,17,21,23H,1,9,12-16,18-20H2,2-5H3/t21-,23?,33?/m1/s1. The Kier molecular flexibility index (Phi) is 7.89. The second kappa shape index (κ2) is 11.6. The summed E-state index contributed by atoms with van der Waals surface area (Å²) >= 11 is 0. The van der Waals surface area contributed by atoms with E-state index in [0.29, 0.717) is 42.5 Å². The number of ether oxygens (including phenoxy) is 1. The Morgan fingerprint density at radius 1 is 1.28 bits per heavy atom. The topological polar surface area (TPSA) is 87.0 Å². The monoisotopic (exact) mass is 585 g/mol. The Morgan fingerprint density at radius 3 is 2.86 bits per heavy atom. The van der Waals surface area contributed by atoms with Gasteiger partial charge in [-0.15, -0.1) is 0 Å². The molecule has 9 nitrogen and oxygen atoms in total. The van der Waals surface area contributed by atoms with E-state index in [4.69, 9.17) is 9.72 Å². The summed E-state index contributed by atoms with van der Waals surface area (Å²) in [6.07, 6.45) is 7.00. The number of carbonyl (C=O) groups is 1. The number of fused-ring (bicyclic) bond motifs is 2. The first-order valence-corrected chi connectivity index (χ1v) is 15.2. The molecule has 3 saturated heterocycles. The molecule has 3 fully saturated rings. The van der Waals surface area contributed by atoms with Gasteiger partial charge in [-0.25, -0.2) is 4.39 Å². The van der Waals surface area contributed by atoms with Crippen LogP contribution in [0.25, 0.3) is 10.9 Å². The van der Waals surface area contributed by atoms with Crippen molar-refractivity contribution in [3.05, 3.63) is 65.8 Å². The second-order valence-corrected chi connectivity index (χ2v) is 12.3. The SMILES string of the molecule is C=CC(=O)N1CCC(N(C)c2nc(OCC34CCCN3C[C@H](C)C4)nc3c(F)c(C(=NC)c4ccccc4C)ncc23)C1. The first-order chi connectivity index (χ1) is 20.7. The van der Waals surface area contributed by atoms with Crippen molar-refractivity contribution < 1.29 is 13.9 Å². The summed E-state index contributed by atoms with van der Waals surface area (Å²) in [4.78, 5) is 37.1. The molecule has 43 heavy (non-hydrogen) atoms. The lowest BCUT2D eigenvalue weighted by atomic mass is 9.92. The van der Waals surface area contributed by atoms with Gasteiger partial charge in [0.15, 0.2) is 5.82 Å². The summed E-state index contributed by atoms with van der Waals surface area (Å²) in [5, 5.41) is 0.486. The van der Waals surface area contributed by atoms with Gasteiger partial charge in [0.2, 0.25) is 5.91 Å². The Balaban J connectivity index is 1.41. The van der Waals surface area contributed by atoms with Gasteiger partial charge in [0, 0.05) is 51.5 Å². The average molecular weight is 586 g/mol. The Labute approximate surface area is 252 Å². The Morgan fingerprint density at radius 2 is 2.09 bits per heavy atom. The van der Waals surface area contributed by atoms with Gasteiger partial charge in [-0.05, 0) is 56.7 Å².